The molecule has 2 aromatic rings. The maximum absolute atomic E-state index is 12.5. The molecule has 0 spiro atoms. The standard InChI is InChI=1S/C19H19ClN2O3/c1-11(23)21-17-8-7-12(9-18(17)25-2)22-19(24)15-10-14(15)13-5-3-4-6-16(13)20/h3-9,14-15H,10H2,1-2H3,(H,21,23)(H,22,24)/t14-,15-/m1/s1. The maximum atomic E-state index is 12.5. The molecule has 1 saturated carbocycles. The molecule has 0 bridgehead atoms. The van der Waals surface area contributed by atoms with Crippen molar-refractivity contribution in [1.29, 1.82) is 0 Å². The Bertz CT molecular complexity index is 822. The highest BCUT2D eigenvalue weighted by Gasteiger charge is 2.44. The molecule has 5 nitrogen and oxygen atoms in total. The molecule has 1 fully saturated rings. The first kappa shape index (κ1) is 17.3. The van der Waals surface area contributed by atoms with E-state index < -0.39 is 0 Å². The number of rotatable bonds is 5. The fourth-order valence-electron chi connectivity index (χ4n) is 2.90. The predicted molar refractivity (Wildman–Crippen MR) is 98.2 cm³/mol. The van der Waals surface area contributed by atoms with E-state index in [2.05, 4.69) is 10.6 Å². The van der Waals surface area contributed by atoms with Gasteiger partial charge in [-0.1, -0.05) is 29.8 Å². The van der Waals surface area contributed by atoms with Crippen molar-refractivity contribution in [3.63, 3.8) is 0 Å². The van der Waals surface area contributed by atoms with E-state index in [-0.39, 0.29) is 23.7 Å². The van der Waals surface area contributed by atoms with Gasteiger partial charge in [0, 0.05) is 29.6 Å². The van der Waals surface area contributed by atoms with Crippen molar-refractivity contribution in [3.8, 4) is 5.75 Å². The van der Waals surface area contributed by atoms with Crippen molar-refractivity contribution in [1.82, 2.24) is 0 Å². The van der Waals surface area contributed by atoms with Gasteiger partial charge in [0.25, 0.3) is 0 Å². The van der Waals surface area contributed by atoms with Crippen molar-refractivity contribution in [2.45, 2.75) is 19.3 Å². The van der Waals surface area contributed by atoms with Gasteiger partial charge in [-0.25, -0.2) is 0 Å². The first-order valence-corrected chi connectivity index (χ1v) is 8.38. The summed E-state index contributed by atoms with van der Waals surface area (Å²) in [5.41, 5.74) is 2.21. The van der Waals surface area contributed by atoms with Gasteiger partial charge in [-0.3, -0.25) is 9.59 Å². The zero-order valence-corrected chi connectivity index (χ0v) is 14.8. The first-order valence-electron chi connectivity index (χ1n) is 8.00. The third-order valence-corrected chi connectivity index (χ3v) is 4.56. The van der Waals surface area contributed by atoms with Gasteiger partial charge >= 0.3 is 0 Å². The lowest BCUT2D eigenvalue weighted by Crippen LogP contribution is -2.15. The second-order valence-electron chi connectivity index (χ2n) is 6.06. The van der Waals surface area contributed by atoms with Crippen LogP contribution in [-0.4, -0.2) is 18.9 Å². The normalized spacial score (nSPS) is 18.4. The second-order valence-corrected chi connectivity index (χ2v) is 6.46. The fraction of sp³-hybridized carbons (Fsp3) is 0.263. The molecule has 6 heteroatoms. The van der Waals surface area contributed by atoms with Crippen LogP contribution in [0.1, 0.15) is 24.8 Å². The highest BCUT2D eigenvalue weighted by Crippen LogP contribution is 2.50. The molecule has 2 aromatic carbocycles. The number of hydrogen-bond donors (Lipinski definition) is 2. The molecule has 2 amide bonds. The Morgan fingerprint density at radius 3 is 2.60 bits per heavy atom. The van der Waals surface area contributed by atoms with Gasteiger partial charge in [0.05, 0.1) is 12.8 Å². The minimum Gasteiger partial charge on any atom is -0.494 e. The van der Waals surface area contributed by atoms with Crippen LogP contribution >= 0.6 is 11.6 Å². The van der Waals surface area contributed by atoms with E-state index in [0.29, 0.717) is 22.1 Å². The number of carbonyl (C=O) groups is 2. The van der Waals surface area contributed by atoms with Crippen LogP contribution in [-0.2, 0) is 9.59 Å². The van der Waals surface area contributed by atoms with E-state index in [1.165, 1.54) is 14.0 Å². The molecule has 0 aromatic heterocycles. The highest BCUT2D eigenvalue weighted by atomic mass is 35.5. The van der Waals surface area contributed by atoms with Crippen molar-refractivity contribution in [2.24, 2.45) is 5.92 Å². The lowest BCUT2D eigenvalue weighted by Gasteiger charge is -2.12. The van der Waals surface area contributed by atoms with Crippen molar-refractivity contribution >= 4 is 34.8 Å². The summed E-state index contributed by atoms with van der Waals surface area (Å²) < 4.78 is 5.27. The number of ether oxygens (including phenoxy) is 1. The van der Waals surface area contributed by atoms with Gasteiger partial charge in [-0.15, -0.1) is 0 Å². The number of methoxy groups -OCH3 is 1. The minimum absolute atomic E-state index is 0.0424. The Morgan fingerprint density at radius 2 is 1.92 bits per heavy atom. The number of carbonyl (C=O) groups excluding carboxylic acids is 2. The Kier molecular flexibility index (Phi) is 4.95. The molecule has 2 N–H and O–H groups in total. The monoisotopic (exact) mass is 358 g/mol. The summed E-state index contributed by atoms with van der Waals surface area (Å²) in [5, 5.41) is 6.29. The molecule has 25 heavy (non-hydrogen) atoms. The molecule has 0 saturated heterocycles. The minimum atomic E-state index is -0.185. The van der Waals surface area contributed by atoms with E-state index in [1.54, 1.807) is 18.2 Å². The Morgan fingerprint density at radius 1 is 1.16 bits per heavy atom. The van der Waals surface area contributed by atoms with Gasteiger partial charge in [0.2, 0.25) is 11.8 Å². The molecule has 0 unspecified atom stereocenters. The van der Waals surface area contributed by atoms with Crippen LogP contribution in [0.3, 0.4) is 0 Å². The SMILES string of the molecule is COc1cc(NC(=O)[C@@H]2C[C@@H]2c2ccccc2Cl)ccc1NC(C)=O. The van der Waals surface area contributed by atoms with Gasteiger partial charge in [0.1, 0.15) is 5.75 Å². The molecular formula is C19H19ClN2O3. The molecule has 0 radical (unpaired) electrons. The lowest BCUT2D eigenvalue weighted by atomic mass is 10.1. The Balaban J connectivity index is 1.68. The molecule has 1 aliphatic rings. The number of amides is 2. The van der Waals surface area contributed by atoms with Crippen LogP contribution in [0.25, 0.3) is 0 Å². The smallest absolute Gasteiger partial charge is 0.228 e. The summed E-state index contributed by atoms with van der Waals surface area (Å²) in [6, 6.07) is 12.7. The van der Waals surface area contributed by atoms with Crippen molar-refractivity contribution in [3.05, 3.63) is 53.1 Å². The van der Waals surface area contributed by atoms with E-state index in [4.69, 9.17) is 16.3 Å². The number of halogens is 1. The highest BCUT2D eigenvalue weighted by molar-refractivity contribution is 6.31. The average Bonchev–Trinajstić information content (AvgIpc) is 3.36. The topological polar surface area (TPSA) is 67.4 Å². The summed E-state index contributed by atoms with van der Waals surface area (Å²) in [5.74, 6) is 0.344. The fourth-order valence-corrected chi connectivity index (χ4v) is 3.18. The van der Waals surface area contributed by atoms with Crippen LogP contribution in [0.15, 0.2) is 42.5 Å². The Labute approximate surface area is 151 Å². The van der Waals surface area contributed by atoms with E-state index in [1.807, 2.05) is 24.3 Å². The average molecular weight is 359 g/mol. The zero-order valence-electron chi connectivity index (χ0n) is 14.0. The summed E-state index contributed by atoms with van der Waals surface area (Å²) >= 11 is 6.21. The summed E-state index contributed by atoms with van der Waals surface area (Å²) in [4.78, 5) is 23.7. The van der Waals surface area contributed by atoms with Crippen LogP contribution in [0.5, 0.6) is 5.75 Å². The zero-order chi connectivity index (χ0) is 18.0. The van der Waals surface area contributed by atoms with Crippen molar-refractivity contribution < 1.29 is 14.3 Å². The second kappa shape index (κ2) is 7.15. The number of hydrogen-bond acceptors (Lipinski definition) is 3. The summed E-state index contributed by atoms with van der Waals surface area (Å²) in [6.07, 6.45) is 0.788. The largest absolute Gasteiger partial charge is 0.494 e. The molecular weight excluding hydrogens is 340 g/mol. The van der Waals surface area contributed by atoms with Gasteiger partial charge < -0.3 is 15.4 Å². The third kappa shape index (κ3) is 3.94. The molecule has 1 aliphatic carbocycles. The van der Waals surface area contributed by atoms with Gasteiger partial charge in [-0.2, -0.15) is 0 Å². The quantitative estimate of drug-likeness (QED) is 0.847. The Hall–Kier alpha value is -2.53. The maximum Gasteiger partial charge on any atom is 0.228 e. The van der Waals surface area contributed by atoms with Crippen molar-refractivity contribution in [2.75, 3.05) is 17.7 Å². The molecule has 130 valence electrons. The van der Waals surface area contributed by atoms with Crippen LogP contribution in [0, 0.1) is 5.92 Å². The van der Waals surface area contributed by atoms with Gasteiger partial charge in [0.15, 0.2) is 0 Å². The summed E-state index contributed by atoms with van der Waals surface area (Å²) in [7, 11) is 1.51. The number of nitrogens with one attached hydrogen (secondary N) is 2. The van der Waals surface area contributed by atoms with E-state index >= 15 is 0 Å². The predicted octanol–water partition coefficient (Wildman–Crippen LogP) is 4.05. The first-order chi connectivity index (χ1) is 12.0. The van der Waals surface area contributed by atoms with Crippen LogP contribution in [0.4, 0.5) is 11.4 Å². The van der Waals surface area contributed by atoms with Crippen LogP contribution in [0.2, 0.25) is 5.02 Å². The van der Waals surface area contributed by atoms with E-state index in [0.717, 1.165) is 12.0 Å². The molecule has 2 atom stereocenters. The molecule has 0 heterocycles. The third-order valence-electron chi connectivity index (χ3n) is 4.21. The van der Waals surface area contributed by atoms with Gasteiger partial charge in [-0.05, 0) is 36.1 Å². The number of benzene rings is 2. The molecule has 0 aliphatic heterocycles. The molecule has 3 rings (SSSR count). The summed E-state index contributed by atoms with van der Waals surface area (Å²) in [6.45, 7) is 1.43. The van der Waals surface area contributed by atoms with E-state index in [9.17, 15) is 9.59 Å². The van der Waals surface area contributed by atoms with Crippen LogP contribution < -0.4 is 15.4 Å². The lowest BCUT2D eigenvalue weighted by molar-refractivity contribution is -0.117. The number of anilines is 2.